The van der Waals surface area contributed by atoms with Gasteiger partial charge in [-0.15, -0.1) is 0 Å². The summed E-state index contributed by atoms with van der Waals surface area (Å²) in [6, 6.07) is 11.3. The van der Waals surface area contributed by atoms with Crippen molar-refractivity contribution in [3.05, 3.63) is 76.1 Å². The number of carbonyl (C=O) groups is 2. The molecule has 0 spiro atoms. The number of aliphatic hydroxyl groups excluding tert-OH is 1. The first-order valence-corrected chi connectivity index (χ1v) is 11.0. The third kappa shape index (κ3) is 4.55. The first-order valence-electron chi connectivity index (χ1n) is 10.7. The third-order valence-corrected chi connectivity index (χ3v) is 6.24. The number of hydrogen-bond donors (Lipinski definition) is 2. The van der Waals surface area contributed by atoms with E-state index in [0.29, 0.717) is 30.2 Å². The number of benzene rings is 2. The van der Waals surface area contributed by atoms with Crippen molar-refractivity contribution in [2.45, 2.75) is 12.5 Å². The Morgan fingerprint density at radius 2 is 1.81 bits per heavy atom. The first-order chi connectivity index (χ1) is 15.5. The second-order valence-corrected chi connectivity index (χ2v) is 8.42. The van der Waals surface area contributed by atoms with E-state index in [1.54, 1.807) is 42.5 Å². The molecular formula is C24H25ClFN2O4+. The van der Waals surface area contributed by atoms with Crippen molar-refractivity contribution in [3.8, 4) is 0 Å². The number of ketones is 1. The van der Waals surface area contributed by atoms with Crippen molar-refractivity contribution < 1.29 is 28.7 Å². The topological polar surface area (TPSA) is 71.3 Å². The molecule has 2 aliphatic heterocycles. The molecule has 2 aromatic rings. The van der Waals surface area contributed by atoms with Gasteiger partial charge in [-0.3, -0.25) is 9.59 Å². The fraction of sp³-hybridized carbons (Fsp3) is 0.333. The third-order valence-electron chi connectivity index (χ3n) is 5.99. The van der Waals surface area contributed by atoms with E-state index in [2.05, 4.69) is 0 Å². The zero-order chi connectivity index (χ0) is 22.7. The normalized spacial score (nSPS) is 21.3. The summed E-state index contributed by atoms with van der Waals surface area (Å²) in [6.07, 6.45) is 0.647. The molecule has 1 unspecified atom stereocenters. The average Bonchev–Trinajstić information content (AvgIpc) is 3.05. The van der Waals surface area contributed by atoms with Gasteiger partial charge in [-0.25, -0.2) is 4.39 Å². The summed E-state index contributed by atoms with van der Waals surface area (Å²) in [5.41, 5.74) is 0.411. The largest absolute Gasteiger partial charge is 0.507 e. The lowest BCUT2D eigenvalue weighted by atomic mass is 9.95. The molecule has 6 nitrogen and oxygen atoms in total. The molecule has 1 atom stereocenters. The summed E-state index contributed by atoms with van der Waals surface area (Å²) in [5.74, 6) is -2.42. The summed E-state index contributed by atoms with van der Waals surface area (Å²) < 4.78 is 20.2. The van der Waals surface area contributed by atoms with Gasteiger partial charge in [0.05, 0.1) is 31.4 Å². The van der Waals surface area contributed by atoms with Gasteiger partial charge in [-0.2, -0.15) is 0 Å². The van der Waals surface area contributed by atoms with E-state index < -0.39 is 23.5 Å². The van der Waals surface area contributed by atoms with E-state index in [1.807, 2.05) is 0 Å². The molecule has 2 aromatic carbocycles. The molecule has 8 heteroatoms. The number of nitrogens with zero attached hydrogens (tertiary/aromatic N) is 1. The van der Waals surface area contributed by atoms with Crippen LogP contribution in [0.25, 0.3) is 5.76 Å². The Morgan fingerprint density at radius 1 is 1.12 bits per heavy atom. The Balaban J connectivity index is 1.68. The van der Waals surface area contributed by atoms with Crippen molar-refractivity contribution >= 4 is 29.1 Å². The van der Waals surface area contributed by atoms with E-state index in [9.17, 15) is 19.1 Å². The minimum absolute atomic E-state index is 0.110. The number of amides is 1. The Bertz CT molecular complexity index is 1030. The molecule has 1 amide bonds. The van der Waals surface area contributed by atoms with Gasteiger partial charge in [0, 0.05) is 29.1 Å². The van der Waals surface area contributed by atoms with Crippen LogP contribution in [0.2, 0.25) is 5.02 Å². The second-order valence-electron chi connectivity index (χ2n) is 7.99. The maximum atomic E-state index is 14.8. The minimum Gasteiger partial charge on any atom is -0.507 e. The molecule has 2 fully saturated rings. The summed E-state index contributed by atoms with van der Waals surface area (Å²) in [7, 11) is 0. The van der Waals surface area contributed by atoms with Crippen LogP contribution < -0.4 is 4.90 Å². The number of aliphatic hydroxyl groups is 1. The highest BCUT2D eigenvalue weighted by atomic mass is 35.5. The van der Waals surface area contributed by atoms with Crippen molar-refractivity contribution in [2.75, 3.05) is 39.4 Å². The van der Waals surface area contributed by atoms with Crippen molar-refractivity contribution in [3.63, 3.8) is 0 Å². The van der Waals surface area contributed by atoms with E-state index in [4.69, 9.17) is 16.3 Å². The molecule has 0 saturated carbocycles. The number of morpholine rings is 1. The van der Waals surface area contributed by atoms with Crippen LogP contribution in [0.4, 0.5) is 4.39 Å². The smallest absolute Gasteiger partial charge is 0.295 e. The molecule has 0 bridgehead atoms. The summed E-state index contributed by atoms with van der Waals surface area (Å²) >= 11 is 5.93. The van der Waals surface area contributed by atoms with Crippen LogP contribution in [0, 0.1) is 5.82 Å². The van der Waals surface area contributed by atoms with E-state index >= 15 is 0 Å². The predicted octanol–water partition coefficient (Wildman–Crippen LogP) is 2.21. The van der Waals surface area contributed by atoms with Gasteiger partial charge in [-0.1, -0.05) is 29.8 Å². The molecule has 168 valence electrons. The number of ether oxygens (including phenoxy) is 1. The zero-order valence-electron chi connectivity index (χ0n) is 17.5. The summed E-state index contributed by atoms with van der Waals surface area (Å²) in [6.45, 7) is 4.30. The molecular weight excluding hydrogens is 435 g/mol. The van der Waals surface area contributed by atoms with Crippen molar-refractivity contribution in [1.82, 2.24) is 4.90 Å². The molecule has 4 rings (SSSR count). The lowest BCUT2D eigenvalue weighted by Gasteiger charge is -2.27. The van der Waals surface area contributed by atoms with Crippen LogP contribution in [0.15, 0.2) is 54.1 Å². The van der Waals surface area contributed by atoms with E-state index in [1.165, 1.54) is 15.9 Å². The average molecular weight is 460 g/mol. The SMILES string of the molecule is O=C1C(=O)N(CCC[NH+]2CCOCC2)C(c2ccccc2F)C1=C(O)c1ccc(Cl)cc1. The Hall–Kier alpha value is -2.74. The number of Topliss-reactive ketones (excluding diaryl/α,β-unsaturated/α-hetero) is 1. The number of halogens is 2. The number of quaternary nitrogens is 1. The van der Waals surface area contributed by atoms with Crippen LogP contribution in [-0.2, 0) is 14.3 Å². The Morgan fingerprint density at radius 3 is 2.50 bits per heavy atom. The fourth-order valence-corrected chi connectivity index (χ4v) is 4.43. The lowest BCUT2D eigenvalue weighted by molar-refractivity contribution is -0.908. The first kappa shape index (κ1) is 22.5. The second kappa shape index (κ2) is 9.81. The quantitative estimate of drug-likeness (QED) is 0.395. The Labute approximate surface area is 190 Å². The van der Waals surface area contributed by atoms with Gasteiger partial charge >= 0.3 is 0 Å². The molecule has 2 saturated heterocycles. The van der Waals surface area contributed by atoms with Gasteiger partial charge in [-0.05, 0) is 30.3 Å². The highest BCUT2D eigenvalue weighted by Gasteiger charge is 2.46. The lowest BCUT2D eigenvalue weighted by Crippen LogP contribution is -3.14. The molecule has 2 heterocycles. The fourth-order valence-electron chi connectivity index (χ4n) is 4.30. The number of hydrogen-bond acceptors (Lipinski definition) is 4. The molecule has 0 aliphatic carbocycles. The Kier molecular flexibility index (Phi) is 6.89. The molecule has 2 aliphatic rings. The van der Waals surface area contributed by atoms with Crippen molar-refractivity contribution in [1.29, 1.82) is 0 Å². The number of rotatable bonds is 6. The van der Waals surface area contributed by atoms with Crippen LogP contribution in [0.5, 0.6) is 0 Å². The maximum Gasteiger partial charge on any atom is 0.295 e. The van der Waals surface area contributed by atoms with Crippen LogP contribution in [0.1, 0.15) is 23.6 Å². The minimum atomic E-state index is -0.994. The predicted molar refractivity (Wildman–Crippen MR) is 118 cm³/mol. The molecule has 0 radical (unpaired) electrons. The maximum absolute atomic E-state index is 14.8. The standard InChI is InChI=1S/C24H24ClFN2O4/c25-17-8-6-16(7-9-17)22(29)20-21(18-4-1-2-5-19(18)26)28(24(31)23(20)30)11-3-10-27-12-14-32-15-13-27/h1-2,4-9,21,29H,3,10-15H2/p+1. The van der Waals surface area contributed by atoms with Gasteiger partial charge in [0.15, 0.2) is 0 Å². The van der Waals surface area contributed by atoms with E-state index in [0.717, 1.165) is 19.6 Å². The van der Waals surface area contributed by atoms with Gasteiger partial charge in [0.1, 0.15) is 24.7 Å². The number of likely N-dealkylation sites (tertiary alicyclic amines) is 1. The zero-order valence-corrected chi connectivity index (χ0v) is 18.3. The summed E-state index contributed by atoms with van der Waals surface area (Å²) in [5, 5.41) is 11.4. The van der Waals surface area contributed by atoms with Crippen LogP contribution in [0.3, 0.4) is 0 Å². The highest BCUT2D eigenvalue weighted by molar-refractivity contribution is 6.46. The van der Waals surface area contributed by atoms with Crippen LogP contribution in [-0.4, -0.2) is 61.1 Å². The van der Waals surface area contributed by atoms with Crippen molar-refractivity contribution in [2.24, 2.45) is 0 Å². The number of carbonyl (C=O) groups excluding carboxylic acids is 2. The molecule has 2 N–H and O–H groups in total. The highest BCUT2D eigenvalue weighted by Crippen LogP contribution is 2.40. The van der Waals surface area contributed by atoms with Gasteiger partial charge in [0.2, 0.25) is 0 Å². The number of nitrogens with one attached hydrogen (secondary N) is 1. The molecule has 0 aromatic heterocycles. The van der Waals surface area contributed by atoms with Gasteiger partial charge < -0.3 is 19.6 Å². The van der Waals surface area contributed by atoms with Crippen LogP contribution >= 0.6 is 11.6 Å². The molecule has 32 heavy (non-hydrogen) atoms. The van der Waals surface area contributed by atoms with E-state index in [-0.39, 0.29) is 23.4 Å². The summed E-state index contributed by atoms with van der Waals surface area (Å²) in [4.78, 5) is 28.7. The monoisotopic (exact) mass is 459 g/mol. The van der Waals surface area contributed by atoms with Gasteiger partial charge in [0.25, 0.3) is 11.7 Å².